The lowest BCUT2D eigenvalue weighted by molar-refractivity contribution is 0.542. The Morgan fingerprint density at radius 3 is 2.44 bits per heavy atom. The van der Waals surface area contributed by atoms with Gasteiger partial charge in [-0.25, -0.2) is 13.2 Å². The van der Waals surface area contributed by atoms with Crippen LogP contribution in [0.2, 0.25) is 0 Å². The maximum atomic E-state index is 13.3. The van der Waals surface area contributed by atoms with Crippen LogP contribution in [0, 0.1) is 17.5 Å². The maximum Gasteiger partial charge on any atom is 0.152 e. The van der Waals surface area contributed by atoms with E-state index in [0.717, 1.165) is 24.3 Å². The molecule has 0 aliphatic carbocycles. The summed E-state index contributed by atoms with van der Waals surface area (Å²) in [6.07, 6.45) is 1.93. The molecule has 0 radical (unpaired) electrons. The summed E-state index contributed by atoms with van der Waals surface area (Å²) in [5, 5.41) is 2.81. The molecular formula is C11H12F3NS. The van der Waals surface area contributed by atoms with Gasteiger partial charge in [-0.2, -0.15) is 11.8 Å². The molecule has 1 fully saturated rings. The zero-order valence-electron chi connectivity index (χ0n) is 8.60. The molecule has 1 N–H and O–H groups in total. The number of thioether (sulfide) groups is 1. The number of anilines is 1. The molecule has 1 aliphatic rings. The van der Waals surface area contributed by atoms with Gasteiger partial charge in [-0.3, -0.25) is 0 Å². The van der Waals surface area contributed by atoms with Gasteiger partial charge in [-0.05, 0) is 18.6 Å². The molecule has 0 bridgehead atoms. The fourth-order valence-corrected chi connectivity index (χ4v) is 2.81. The van der Waals surface area contributed by atoms with E-state index in [2.05, 4.69) is 5.32 Å². The molecule has 5 heteroatoms. The zero-order chi connectivity index (χ0) is 11.5. The van der Waals surface area contributed by atoms with Crippen molar-refractivity contribution in [3.8, 4) is 0 Å². The fourth-order valence-electron chi connectivity index (χ4n) is 1.74. The lowest BCUT2D eigenvalue weighted by Crippen LogP contribution is -2.26. The maximum absolute atomic E-state index is 13.3. The summed E-state index contributed by atoms with van der Waals surface area (Å²) in [4.78, 5) is 0. The third-order valence-electron chi connectivity index (χ3n) is 2.52. The van der Waals surface area contributed by atoms with Crippen LogP contribution in [0.15, 0.2) is 12.1 Å². The summed E-state index contributed by atoms with van der Waals surface area (Å²) in [5.74, 6) is -0.706. The molecule has 1 nitrogen and oxygen atoms in total. The molecule has 16 heavy (non-hydrogen) atoms. The molecule has 1 unspecified atom stereocenters. The molecule has 1 heterocycles. The third kappa shape index (κ3) is 2.64. The molecule has 0 amide bonds. The molecule has 1 aliphatic heterocycles. The van der Waals surface area contributed by atoms with Crippen LogP contribution >= 0.6 is 11.8 Å². The van der Waals surface area contributed by atoms with Gasteiger partial charge in [0.15, 0.2) is 11.6 Å². The summed E-state index contributed by atoms with van der Waals surface area (Å²) in [6.45, 7) is 0. The van der Waals surface area contributed by atoms with Gasteiger partial charge in [0.25, 0.3) is 0 Å². The second kappa shape index (κ2) is 4.99. The minimum atomic E-state index is -0.890. The van der Waals surface area contributed by atoms with Crippen molar-refractivity contribution in [2.24, 2.45) is 0 Å². The van der Waals surface area contributed by atoms with E-state index in [1.165, 1.54) is 0 Å². The predicted molar refractivity (Wildman–Crippen MR) is 60.3 cm³/mol. The Hall–Kier alpha value is -0.840. The highest BCUT2D eigenvalue weighted by Gasteiger charge is 2.18. The van der Waals surface area contributed by atoms with Crippen molar-refractivity contribution in [3.63, 3.8) is 0 Å². The number of hydrogen-bond donors (Lipinski definition) is 1. The SMILES string of the molecule is Fc1cc(F)c(NC2CCCSC2)c(F)c1. The van der Waals surface area contributed by atoms with Crippen LogP contribution in [-0.2, 0) is 0 Å². The molecule has 1 atom stereocenters. The van der Waals surface area contributed by atoms with E-state index < -0.39 is 17.5 Å². The van der Waals surface area contributed by atoms with E-state index in [1.807, 2.05) is 0 Å². The smallest absolute Gasteiger partial charge is 0.152 e. The zero-order valence-corrected chi connectivity index (χ0v) is 9.42. The lowest BCUT2D eigenvalue weighted by Gasteiger charge is -2.23. The number of hydrogen-bond acceptors (Lipinski definition) is 2. The largest absolute Gasteiger partial charge is 0.377 e. The van der Waals surface area contributed by atoms with Crippen LogP contribution in [0.1, 0.15) is 12.8 Å². The monoisotopic (exact) mass is 247 g/mol. The topological polar surface area (TPSA) is 12.0 Å². The normalized spacial score (nSPS) is 20.8. The van der Waals surface area contributed by atoms with E-state index in [0.29, 0.717) is 12.1 Å². The lowest BCUT2D eigenvalue weighted by atomic mass is 10.1. The van der Waals surface area contributed by atoms with Crippen molar-refractivity contribution in [2.75, 3.05) is 16.8 Å². The van der Waals surface area contributed by atoms with Crippen molar-refractivity contribution >= 4 is 17.4 Å². The minimum absolute atomic E-state index is 0.0632. The van der Waals surface area contributed by atoms with E-state index in [4.69, 9.17) is 0 Å². The first-order valence-electron chi connectivity index (χ1n) is 5.15. The van der Waals surface area contributed by atoms with Crippen molar-refractivity contribution in [1.29, 1.82) is 0 Å². The number of rotatable bonds is 2. The Morgan fingerprint density at radius 1 is 1.19 bits per heavy atom. The van der Waals surface area contributed by atoms with Crippen molar-refractivity contribution in [2.45, 2.75) is 18.9 Å². The highest BCUT2D eigenvalue weighted by Crippen LogP contribution is 2.25. The molecule has 0 saturated carbocycles. The van der Waals surface area contributed by atoms with Crippen LogP contribution in [-0.4, -0.2) is 17.5 Å². The fraction of sp³-hybridized carbons (Fsp3) is 0.455. The molecule has 1 saturated heterocycles. The highest BCUT2D eigenvalue weighted by molar-refractivity contribution is 7.99. The number of benzene rings is 1. The van der Waals surface area contributed by atoms with E-state index >= 15 is 0 Å². The van der Waals surface area contributed by atoms with Gasteiger partial charge in [0.05, 0.1) is 0 Å². The first-order valence-corrected chi connectivity index (χ1v) is 6.31. The average molecular weight is 247 g/mol. The first-order chi connectivity index (χ1) is 7.66. The Labute approximate surface area is 96.4 Å². The summed E-state index contributed by atoms with van der Waals surface area (Å²) in [5.41, 5.74) is -0.214. The van der Waals surface area contributed by atoms with Gasteiger partial charge in [0.2, 0.25) is 0 Å². The minimum Gasteiger partial charge on any atom is -0.377 e. The van der Waals surface area contributed by atoms with Crippen LogP contribution in [0.25, 0.3) is 0 Å². The van der Waals surface area contributed by atoms with Gasteiger partial charge in [-0.15, -0.1) is 0 Å². The second-order valence-electron chi connectivity index (χ2n) is 3.80. The van der Waals surface area contributed by atoms with Crippen molar-refractivity contribution in [1.82, 2.24) is 0 Å². The number of halogens is 3. The van der Waals surface area contributed by atoms with Gasteiger partial charge in [-0.1, -0.05) is 0 Å². The Balaban J connectivity index is 2.14. The molecule has 88 valence electrons. The molecule has 1 aromatic carbocycles. The highest BCUT2D eigenvalue weighted by atomic mass is 32.2. The van der Waals surface area contributed by atoms with Crippen molar-refractivity contribution in [3.05, 3.63) is 29.6 Å². The Kier molecular flexibility index (Phi) is 3.63. The Bertz CT molecular complexity index is 354. The summed E-state index contributed by atoms with van der Waals surface area (Å²) < 4.78 is 39.3. The number of nitrogens with one attached hydrogen (secondary N) is 1. The molecule has 0 aromatic heterocycles. The quantitative estimate of drug-likeness (QED) is 0.859. The Morgan fingerprint density at radius 2 is 1.88 bits per heavy atom. The first kappa shape index (κ1) is 11.6. The average Bonchev–Trinajstić information content (AvgIpc) is 2.25. The summed E-state index contributed by atoms with van der Waals surface area (Å²) in [7, 11) is 0. The second-order valence-corrected chi connectivity index (χ2v) is 4.95. The van der Waals surface area contributed by atoms with Gasteiger partial charge in [0, 0.05) is 23.9 Å². The van der Waals surface area contributed by atoms with Crippen molar-refractivity contribution < 1.29 is 13.2 Å². The standard InChI is InChI=1S/C11H12F3NS/c12-7-4-9(13)11(10(14)5-7)15-8-2-1-3-16-6-8/h4-5,8,15H,1-3,6H2. The van der Waals surface area contributed by atoms with Gasteiger partial charge < -0.3 is 5.32 Å². The molecular weight excluding hydrogens is 235 g/mol. The van der Waals surface area contributed by atoms with E-state index in [9.17, 15) is 13.2 Å². The van der Waals surface area contributed by atoms with Crippen LogP contribution < -0.4 is 5.32 Å². The van der Waals surface area contributed by atoms with E-state index in [1.54, 1.807) is 11.8 Å². The molecule has 1 aromatic rings. The molecule has 2 rings (SSSR count). The predicted octanol–water partition coefficient (Wildman–Crippen LogP) is 3.41. The van der Waals surface area contributed by atoms with Crippen LogP contribution in [0.4, 0.5) is 18.9 Å². The molecule has 0 spiro atoms. The van der Waals surface area contributed by atoms with Gasteiger partial charge >= 0.3 is 0 Å². The van der Waals surface area contributed by atoms with Crippen LogP contribution in [0.3, 0.4) is 0 Å². The van der Waals surface area contributed by atoms with Crippen LogP contribution in [0.5, 0.6) is 0 Å². The van der Waals surface area contributed by atoms with E-state index in [-0.39, 0.29) is 11.7 Å². The summed E-state index contributed by atoms with van der Waals surface area (Å²) >= 11 is 1.76. The van der Waals surface area contributed by atoms with Gasteiger partial charge in [0.1, 0.15) is 11.5 Å². The summed E-state index contributed by atoms with van der Waals surface area (Å²) in [6, 6.07) is 1.45. The third-order valence-corrected chi connectivity index (χ3v) is 3.73.